The van der Waals surface area contributed by atoms with Crippen LogP contribution in [0.1, 0.15) is 36.7 Å². The predicted octanol–water partition coefficient (Wildman–Crippen LogP) is 2.93. The Balaban J connectivity index is 1.87. The van der Waals surface area contributed by atoms with Gasteiger partial charge in [-0.3, -0.25) is 9.78 Å². The number of hydrogen-bond donors (Lipinski definition) is 3. The van der Waals surface area contributed by atoms with Gasteiger partial charge < -0.3 is 16.0 Å². The fourth-order valence-corrected chi connectivity index (χ4v) is 1.98. The zero-order valence-electron chi connectivity index (χ0n) is 14.1. The van der Waals surface area contributed by atoms with Crippen molar-refractivity contribution in [2.45, 2.75) is 32.9 Å². The molecule has 1 aromatic carbocycles. The number of carbonyl (C=O) groups excluding carboxylic acids is 2. The van der Waals surface area contributed by atoms with Crippen molar-refractivity contribution >= 4 is 17.6 Å². The highest BCUT2D eigenvalue weighted by Crippen LogP contribution is 2.11. The molecule has 126 valence electrons. The van der Waals surface area contributed by atoms with Gasteiger partial charge in [0.1, 0.15) is 0 Å². The lowest BCUT2D eigenvalue weighted by Gasteiger charge is -2.20. The molecule has 2 rings (SSSR count). The van der Waals surface area contributed by atoms with E-state index >= 15 is 0 Å². The van der Waals surface area contributed by atoms with Gasteiger partial charge in [-0.15, -0.1) is 0 Å². The van der Waals surface area contributed by atoms with Gasteiger partial charge in [-0.05, 0) is 56.7 Å². The summed E-state index contributed by atoms with van der Waals surface area (Å²) in [7, 11) is 0. The van der Waals surface area contributed by atoms with Gasteiger partial charge in [0.05, 0.1) is 0 Å². The van der Waals surface area contributed by atoms with Crippen molar-refractivity contribution in [3.8, 4) is 0 Å². The van der Waals surface area contributed by atoms with Crippen molar-refractivity contribution in [1.29, 1.82) is 0 Å². The van der Waals surface area contributed by atoms with E-state index < -0.39 is 0 Å². The number of anilines is 1. The highest BCUT2D eigenvalue weighted by molar-refractivity contribution is 5.95. The molecule has 24 heavy (non-hydrogen) atoms. The van der Waals surface area contributed by atoms with Gasteiger partial charge in [0.2, 0.25) is 0 Å². The monoisotopic (exact) mass is 326 g/mol. The third-order valence-corrected chi connectivity index (χ3v) is 3.07. The Kier molecular flexibility index (Phi) is 5.52. The zero-order valence-corrected chi connectivity index (χ0v) is 14.1. The van der Waals surface area contributed by atoms with Crippen LogP contribution in [0.15, 0.2) is 48.8 Å². The van der Waals surface area contributed by atoms with Gasteiger partial charge >= 0.3 is 6.03 Å². The molecule has 3 N–H and O–H groups in total. The normalized spacial score (nSPS) is 10.8. The largest absolute Gasteiger partial charge is 0.347 e. The summed E-state index contributed by atoms with van der Waals surface area (Å²) < 4.78 is 0. The van der Waals surface area contributed by atoms with Crippen LogP contribution in [-0.4, -0.2) is 22.5 Å². The number of aromatic nitrogens is 1. The number of carbonyl (C=O) groups is 2. The van der Waals surface area contributed by atoms with Crippen molar-refractivity contribution in [1.82, 2.24) is 15.6 Å². The Morgan fingerprint density at radius 3 is 2.38 bits per heavy atom. The number of rotatable bonds is 4. The van der Waals surface area contributed by atoms with Crippen LogP contribution < -0.4 is 16.0 Å². The molecule has 0 aliphatic rings. The molecule has 0 bridgehead atoms. The molecule has 0 fully saturated rings. The van der Waals surface area contributed by atoms with Crippen LogP contribution in [0, 0.1) is 0 Å². The number of benzene rings is 1. The molecule has 6 heteroatoms. The van der Waals surface area contributed by atoms with Crippen LogP contribution in [0.4, 0.5) is 10.5 Å². The van der Waals surface area contributed by atoms with Crippen LogP contribution in [0.3, 0.4) is 0 Å². The van der Waals surface area contributed by atoms with Crippen molar-refractivity contribution < 1.29 is 9.59 Å². The second-order valence-electron chi connectivity index (χ2n) is 6.45. The number of hydrogen-bond acceptors (Lipinski definition) is 3. The Hall–Kier alpha value is -2.89. The third kappa shape index (κ3) is 5.72. The Morgan fingerprint density at radius 2 is 1.79 bits per heavy atom. The number of urea groups is 1. The highest BCUT2D eigenvalue weighted by Gasteiger charge is 2.15. The molecule has 2 aromatic rings. The van der Waals surface area contributed by atoms with E-state index in [1.165, 1.54) is 0 Å². The van der Waals surface area contributed by atoms with Crippen molar-refractivity contribution in [2.75, 3.05) is 5.32 Å². The summed E-state index contributed by atoms with van der Waals surface area (Å²) in [6.07, 6.45) is 3.38. The third-order valence-electron chi connectivity index (χ3n) is 3.07. The molecular weight excluding hydrogens is 304 g/mol. The molecule has 0 saturated heterocycles. The summed E-state index contributed by atoms with van der Waals surface area (Å²) in [4.78, 5) is 27.9. The van der Waals surface area contributed by atoms with Crippen LogP contribution >= 0.6 is 0 Å². The second kappa shape index (κ2) is 7.59. The summed E-state index contributed by atoms with van der Waals surface area (Å²) in [5, 5.41) is 8.36. The average Bonchev–Trinajstić information content (AvgIpc) is 2.53. The van der Waals surface area contributed by atoms with E-state index in [1.54, 1.807) is 36.7 Å². The van der Waals surface area contributed by atoms with Crippen LogP contribution in [-0.2, 0) is 6.54 Å². The molecule has 0 atom stereocenters. The molecule has 0 aliphatic carbocycles. The van der Waals surface area contributed by atoms with Gasteiger partial charge in [-0.2, -0.15) is 0 Å². The van der Waals surface area contributed by atoms with E-state index in [0.29, 0.717) is 17.8 Å². The number of pyridine rings is 1. The van der Waals surface area contributed by atoms with Crippen molar-refractivity contribution in [2.24, 2.45) is 0 Å². The number of nitrogens with one attached hydrogen (secondary N) is 3. The first-order chi connectivity index (χ1) is 11.3. The van der Waals surface area contributed by atoms with Crippen LogP contribution in [0.5, 0.6) is 0 Å². The lowest BCUT2D eigenvalue weighted by atomic mass is 10.1. The molecule has 0 aliphatic heterocycles. The first kappa shape index (κ1) is 17.5. The fourth-order valence-electron chi connectivity index (χ4n) is 1.98. The van der Waals surface area contributed by atoms with E-state index in [4.69, 9.17) is 0 Å². The Labute approximate surface area is 141 Å². The van der Waals surface area contributed by atoms with Gasteiger partial charge in [0.25, 0.3) is 5.91 Å². The minimum Gasteiger partial charge on any atom is -0.347 e. The maximum Gasteiger partial charge on any atom is 0.319 e. The maximum atomic E-state index is 12.0. The summed E-state index contributed by atoms with van der Waals surface area (Å²) >= 11 is 0. The average molecular weight is 326 g/mol. The first-order valence-corrected chi connectivity index (χ1v) is 7.70. The van der Waals surface area contributed by atoms with E-state index in [2.05, 4.69) is 20.9 Å². The standard InChI is InChI=1S/C18H22N4O2/c1-18(2,3)22-16(23)14-6-8-15(9-7-14)21-17(24)20-12-13-5-4-10-19-11-13/h4-11H,12H2,1-3H3,(H,22,23)(H2,20,21,24). The molecule has 0 unspecified atom stereocenters. The van der Waals surface area contributed by atoms with Crippen molar-refractivity contribution in [3.05, 3.63) is 59.9 Å². The van der Waals surface area contributed by atoms with Crippen LogP contribution in [0.2, 0.25) is 0 Å². The molecule has 1 aromatic heterocycles. The topological polar surface area (TPSA) is 83.1 Å². The first-order valence-electron chi connectivity index (χ1n) is 7.70. The minimum absolute atomic E-state index is 0.143. The lowest BCUT2D eigenvalue weighted by molar-refractivity contribution is 0.0919. The summed E-state index contributed by atoms with van der Waals surface area (Å²) in [6, 6.07) is 10.1. The summed E-state index contributed by atoms with van der Waals surface area (Å²) in [5.41, 5.74) is 1.79. The summed E-state index contributed by atoms with van der Waals surface area (Å²) in [5.74, 6) is -0.143. The molecule has 0 saturated carbocycles. The highest BCUT2D eigenvalue weighted by atomic mass is 16.2. The smallest absolute Gasteiger partial charge is 0.319 e. The van der Waals surface area contributed by atoms with E-state index in [0.717, 1.165) is 5.56 Å². The molecule has 3 amide bonds. The quantitative estimate of drug-likeness (QED) is 0.808. The molecule has 6 nitrogen and oxygen atoms in total. The van der Waals surface area contributed by atoms with Gasteiger partial charge in [0.15, 0.2) is 0 Å². The zero-order chi connectivity index (χ0) is 17.6. The van der Waals surface area contributed by atoms with Crippen molar-refractivity contribution in [3.63, 3.8) is 0 Å². The minimum atomic E-state index is -0.314. The Morgan fingerprint density at radius 1 is 1.08 bits per heavy atom. The second-order valence-corrected chi connectivity index (χ2v) is 6.45. The van der Waals surface area contributed by atoms with E-state index in [-0.39, 0.29) is 17.5 Å². The fraction of sp³-hybridized carbons (Fsp3) is 0.278. The SMILES string of the molecule is CC(C)(C)NC(=O)c1ccc(NC(=O)NCc2cccnc2)cc1. The number of amides is 3. The van der Waals surface area contributed by atoms with Gasteiger partial charge in [0, 0.05) is 35.7 Å². The van der Waals surface area contributed by atoms with Gasteiger partial charge in [-0.25, -0.2) is 4.79 Å². The summed E-state index contributed by atoms with van der Waals surface area (Å²) in [6.45, 7) is 6.17. The Bertz CT molecular complexity index is 691. The maximum absolute atomic E-state index is 12.0. The molecular formula is C18H22N4O2. The van der Waals surface area contributed by atoms with Gasteiger partial charge in [-0.1, -0.05) is 6.07 Å². The van der Waals surface area contributed by atoms with E-state index in [1.807, 2.05) is 32.9 Å². The van der Waals surface area contributed by atoms with E-state index in [9.17, 15) is 9.59 Å². The predicted molar refractivity (Wildman–Crippen MR) is 93.8 cm³/mol. The molecule has 0 spiro atoms. The number of nitrogens with zero attached hydrogens (tertiary/aromatic N) is 1. The van der Waals surface area contributed by atoms with Crippen LogP contribution in [0.25, 0.3) is 0 Å². The molecule has 0 radical (unpaired) electrons. The molecule has 1 heterocycles. The lowest BCUT2D eigenvalue weighted by Crippen LogP contribution is -2.40.